The highest BCUT2D eigenvalue weighted by Crippen LogP contribution is 2.32. The number of sulfonamides is 1. The van der Waals surface area contributed by atoms with Gasteiger partial charge in [-0.3, -0.25) is 9.71 Å². The Labute approximate surface area is 158 Å². The zero-order valence-electron chi connectivity index (χ0n) is 14.8. The van der Waals surface area contributed by atoms with Crippen molar-refractivity contribution in [2.75, 3.05) is 4.72 Å². The van der Waals surface area contributed by atoms with Crippen LogP contribution in [0.1, 0.15) is 5.56 Å². The number of aromatic nitrogens is 1. The Morgan fingerprint density at radius 3 is 2.30 bits per heavy atom. The van der Waals surface area contributed by atoms with Gasteiger partial charge in [0.2, 0.25) is 0 Å². The molecule has 0 saturated heterocycles. The van der Waals surface area contributed by atoms with Crippen molar-refractivity contribution in [3.8, 4) is 11.1 Å². The Balaban J connectivity index is 1.81. The van der Waals surface area contributed by atoms with Crippen LogP contribution in [0.3, 0.4) is 0 Å². The van der Waals surface area contributed by atoms with Crippen molar-refractivity contribution in [3.05, 3.63) is 90.6 Å². The first-order chi connectivity index (χ1) is 13.0. The second kappa shape index (κ2) is 6.85. The van der Waals surface area contributed by atoms with E-state index in [2.05, 4.69) is 9.71 Å². The van der Waals surface area contributed by atoms with Gasteiger partial charge in [-0.05, 0) is 42.3 Å². The third-order valence-electron chi connectivity index (χ3n) is 4.43. The molecule has 1 N–H and O–H groups in total. The summed E-state index contributed by atoms with van der Waals surface area (Å²) in [5.74, 6) is 0. The maximum Gasteiger partial charge on any atom is 0.261 e. The molecule has 0 atom stereocenters. The maximum absolute atomic E-state index is 12.8. The SMILES string of the molecule is Cc1ccc(S(=O)(=O)Nc2ccc(-c3ccccc3)c3cccnc23)cc1. The first kappa shape index (κ1) is 17.2. The third kappa shape index (κ3) is 3.41. The van der Waals surface area contributed by atoms with Crippen LogP contribution in [0, 0.1) is 6.92 Å². The van der Waals surface area contributed by atoms with Crippen molar-refractivity contribution in [2.24, 2.45) is 0 Å². The van der Waals surface area contributed by atoms with E-state index >= 15 is 0 Å². The zero-order valence-corrected chi connectivity index (χ0v) is 15.6. The fraction of sp³-hybridized carbons (Fsp3) is 0.0455. The molecule has 0 unspecified atom stereocenters. The van der Waals surface area contributed by atoms with E-state index in [0.29, 0.717) is 11.2 Å². The lowest BCUT2D eigenvalue weighted by Crippen LogP contribution is -2.13. The number of fused-ring (bicyclic) bond motifs is 1. The largest absolute Gasteiger partial charge is 0.277 e. The summed E-state index contributed by atoms with van der Waals surface area (Å²) >= 11 is 0. The molecule has 3 aromatic carbocycles. The van der Waals surface area contributed by atoms with Gasteiger partial charge >= 0.3 is 0 Å². The summed E-state index contributed by atoms with van der Waals surface area (Å²) in [6.07, 6.45) is 1.67. The quantitative estimate of drug-likeness (QED) is 0.546. The fourth-order valence-corrected chi connectivity index (χ4v) is 4.11. The van der Waals surface area contributed by atoms with E-state index in [0.717, 1.165) is 22.1 Å². The van der Waals surface area contributed by atoms with Crippen molar-refractivity contribution in [1.29, 1.82) is 0 Å². The van der Waals surface area contributed by atoms with E-state index in [-0.39, 0.29) is 4.90 Å². The minimum absolute atomic E-state index is 0.226. The molecule has 134 valence electrons. The summed E-state index contributed by atoms with van der Waals surface area (Å²) in [6.45, 7) is 1.92. The summed E-state index contributed by atoms with van der Waals surface area (Å²) in [4.78, 5) is 4.66. The predicted molar refractivity (Wildman–Crippen MR) is 109 cm³/mol. The minimum atomic E-state index is -3.69. The average Bonchev–Trinajstić information content (AvgIpc) is 2.69. The highest BCUT2D eigenvalue weighted by molar-refractivity contribution is 7.92. The van der Waals surface area contributed by atoms with Gasteiger partial charge in [-0.15, -0.1) is 0 Å². The summed E-state index contributed by atoms with van der Waals surface area (Å²) < 4.78 is 28.2. The van der Waals surface area contributed by atoms with Gasteiger partial charge in [0.15, 0.2) is 0 Å². The number of nitrogens with zero attached hydrogens (tertiary/aromatic N) is 1. The van der Waals surface area contributed by atoms with Crippen LogP contribution in [0.15, 0.2) is 90.0 Å². The van der Waals surface area contributed by atoms with Crippen LogP contribution in [0.2, 0.25) is 0 Å². The topological polar surface area (TPSA) is 59.1 Å². The number of hydrogen-bond donors (Lipinski definition) is 1. The van der Waals surface area contributed by atoms with Crippen molar-refractivity contribution in [3.63, 3.8) is 0 Å². The van der Waals surface area contributed by atoms with Gasteiger partial charge in [0.1, 0.15) is 0 Å². The Morgan fingerprint density at radius 1 is 0.815 bits per heavy atom. The molecule has 4 nitrogen and oxygen atoms in total. The first-order valence-electron chi connectivity index (χ1n) is 8.57. The van der Waals surface area contributed by atoms with Crippen LogP contribution >= 0.6 is 0 Å². The second-order valence-electron chi connectivity index (χ2n) is 6.34. The molecule has 0 radical (unpaired) electrons. The highest BCUT2D eigenvalue weighted by atomic mass is 32.2. The molecule has 0 spiro atoms. The van der Waals surface area contributed by atoms with E-state index in [1.807, 2.05) is 55.5 Å². The van der Waals surface area contributed by atoms with Crippen LogP contribution in [0.5, 0.6) is 0 Å². The third-order valence-corrected chi connectivity index (χ3v) is 5.81. The number of hydrogen-bond acceptors (Lipinski definition) is 3. The van der Waals surface area contributed by atoms with Crippen LogP contribution < -0.4 is 4.72 Å². The van der Waals surface area contributed by atoms with Gasteiger partial charge < -0.3 is 0 Å². The maximum atomic E-state index is 12.8. The number of benzene rings is 3. The molecule has 27 heavy (non-hydrogen) atoms. The van der Waals surface area contributed by atoms with Crippen LogP contribution in [0.25, 0.3) is 22.0 Å². The summed E-state index contributed by atoms with van der Waals surface area (Å²) in [6, 6.07) is 24.2. The van der Waals surface area contributed by atoms with Crippen LogP contribution in [-0.2, 0) is 10.0 Å². The van der Waals surface area contributed by atoms with Gasteiger partial charge in [0, 0.05) is 11.6 Å². The summed E-state index contributed by atoms with van der Waals surface area (Å²) in [5.41, 5.74) is 4.16. The summed E-state index contributed by atoms with van der Waals surface area (Å²) in [7, 11) is -3.69. The van der Waals surface area contributed by atoms with E-state index in [4.69, 9.17) is 0 Å². The van der Waals surface area contributed by atoms with Crippen molar-refractivity contribution < 1.29 is 8.42 Å². The molecule has 5 heteroatoms. The molecular formula is C22H18N2O2S. The van der Waals surface area contributed by atoms with Gasteiger partial charge in [0.05, 0.1) is 16.1 Å². The fourth-order valence-electron chi connectivity index (χ4n) is 3.05. The Bertz CT molecular complexity index is 1200. The number of pyridine rings is 1. The van der Waals surface area contributed by atoms with Crippen molar-refractivity contribution in [2.45, 2.75) is 11.8 Å². The molecule has 0 amide bonds. The Kier molecular flexibility index (Phi) is 4.38. The van der Waals surface area contributed by atoms with Gasteiger partial charge in [-0.1, -0.05) is 60.2 Å². The minimum Gasteiger partial charge on any atom is -0.277 e. The lowest BCUT2D eigenvalue weighted by Gasteiger charge is -2.13. The highest BCUT2D eigenvalue weighted by Gasteiger charge is 2.17. The van der Waals surface area contributed by atoms with Crippen LogP contribution in [0.4, 0.5) is 5.69 Å². The molecule has 0 aliphatic heterocycles. The van der Waals surface area contributed by atoms with E-state index in [1.54, 1.807) is 36.5 Å². The van der Waals surface area contributed by atoms with Crippen molar-refractivity contribution in [1.82, 2.24) is 4.98 Å². The van der Waals surface area contributed by atoms with Gasteiger partial charge in [0.25, 0.3) is 10.0 Å². The number of aryl methyl sites for hydroxylation is 1. The monoisotopic (exact) mass is 374 g/mol. The average molecular weight is 374 g/mol. The second-order valence-corrected chi connectivity index (χ2v) is 8.03. The number of rotatable bonds is 4. The molecule has 1 heterocycles. The first-order valence-corrected chi connectivity index (χ1v) is 10.1. The molecule has 0 saturated carbocycles. The Morgan fingerprint density at radius 2 is 1.56 bits per heavy atom. The predicted octanol–water partition coefficient (Wildman–Crippen LogP) is 5.01. The smallest absolute Gasteiger partial charge is 0.261 e. The lowest BCUT2D eigenvalue weighted by molar-refractivity contribution is 0.601. The standard InChI is InChI=1S/C22H18N2O2S/c1-16-9-11-18(12-10-16)27(25,26)24-21-14-13-19(17-6-3-2-4-7-17)20-8-5-15-23-22(20)21/h2-15,24H,1H3. The molecule has 4 aromatic rings. The van der Waals surface area contributed by atoms with E-state index in [1.165, 1.54) is 0 Å². The summed E-state index contributed by atoms with van der Waals surface area (Å²) in [5, 5.41) is 0.896. The Hall–Kier alpha value is -3.18. The molecule has 1 aromatic heterocycles. The molecule has 0 bridgehead atoms. The molecule has 0 aliphatic rings. The number of nitrogens with one attached hydrogen (secondary N) is 1. The van der Waals surface area contributed by atoms with Gasteiger partial charge in [-0.25, -0.2) is 8.42 Å². The number of anilines is 1. The molecule has 0 fully saturated rings. The van der Waals surface area contributed by atoms with Crippen molar-refractivity contribution >= 4 is 26.6 Å². The zero-order chi connectivity index (χ0) is 18.9. The van der Waals surface area contributed by atoms with Crippen LogP contribution in [-0.4, -0.2) is 13.4 Å². The normalized spacial score (nSPS) is 11.4. The van der Waals surface area contributed by atoms with E-state index < -0.39 is 10.0 Å². The molecular weight excluding hydrogens is 356 g/mol. The lowest BCUT2D eigenvalue weighted by atomic mass is 10.00. The van der Waals surface area contributed by atoms with Gasteiger partial charge in [-0.2, -0.15) is 0 Å². The van der Waals surface area contributed by atoms with E-state index in [9.17, 15) is 8.42 Å². The molecule has 4 rings (SSSR count). The molecule has 0 aliphatic carbocycles.